The number of aryl methyl sites for hydroxylation is 1. The molecule has 0 saturated carbocycles. The summed E-state index contributed by atoms with van der Waals surface area (Å²) < 4.78 is 7.41. The summed E-state index contributed by atoms with van der Waals surface area (Å²) in [5, 5.41) is 11.2. The highest BCUT2D eigenvalue weighted by Gasteiger charge is 2.08. The van der Waals surface area contributed by atoms with E-state index in [-0.39, 0.29) is 5.91 Å². The Bertz CT molecular complexity index is 1280. The van der Waals surface area contributed by atoms with Gasteiger partial charge in [0.25, 0.3) is 0 Å². The number of rotatable bonds is 8. The number of hydrogen-bond acceptors (Lipinski definition) is 5. The number of amides is 1. The Kier molecular flexibility index (Phi) is 7.44. The summed E-state index contributed by atoms with van der Waals surface area (Å²) >= 11 is 13.8. The van der Waals surface area contributed by atoms with Crippen LogP contribution in [0.2, 0.25) is 10.0 Å². The minimum atomic E-state index is -0.266. The number of ether oxygens (including phenoxy) is 1. The van der Waals surface area contributed by atoms with E-state index in [0.29, 0.717) is 29.0 Å². The summed E-state index contributed by atoms with van der Waals surface area (Å²) in [6, 6.07) is 14.5. The third kappa shape index (κ3) is 6.44. The van der Waals surface area contributed by atoms with Crippen LogP contribution in [0.25, 0.3) is 6.08 Å². The molecular formula is C24H20Cl2N4O2S. The first-order valence-corrected chi connectivity index (χ1v) is 11.7. The van der Waals surface area contributed by atoms with Gasteiger partial charge in [0.15, 0.2) is 0 Å². The second kappa shape index (κ2) is 10.7. The van der Waals surface area contributed by atoms with Crippen molar-refractivity contribution in [2.24, 2.45) is 0 Å². The zero-order chi connectivity index (χ0) is 23.2. The first kappa shape index (κ1) is 23.0. The lowest BCUT2D eigenvalue weighted by Crippen LogP contribution is -2.14. The quantitative estimate of drug-likeness (QED) is 0.292. The number of thiazole rings is 1. The molecule has 0 radical (unpaired) electrons. The van der Waals surface area contributed by atoms with Crippen LogP contribution in [-0.4, -0.2) is 20.7 Å². The fourth-order valence-corrected chi connectivity index (χ4v) is 4.09. The van der Waals surface area contributed by atoms with Crippen LogP contribution in [0.5, 0.6) is 5.75 Å². The van der Waals surface area contributed by atoms with Crippen molar-refractivity contribution in [3.8, 4) is 5.75 Å². The second-order valence-corrected chi connectivity index (χ2v) is 9.05. The van der Waals surface area contributed by atoms with Gasteiger partial charge in [0.2, 0.25) is 5.91 Å². The van der Waals surface area contributed by atoms with Gasteiger partial charge in [-0.1, -0.05) is 41.4 Å². The smallest absolute Gasteiger partial charge is 0.249 e. The Morgan fingerprint density at radius 2 is 2.00 bits per heavy atom. The summed E-state index contributed by atoms with van der Waals surface area (Å²) in [4.78, 5) is 16.8. The normalized spacial score (nSPS) is 11.1. The number of aromatic nitrogens is 3. The number of hydrogen-bond donors (Lipinski definition) is 1. The van der Waals surface area contributed by atoms with Crippen LogP contribution in [-0.2, 0) is 17.9 Å². The lowest BCUT2D eigenvalue weighted by Gasteiger charge is -2.09. The van der Waals surface area contributed by atoms with Gasteiger partial charge in [0, 0.05) is 27.6 Å². The van der Waals surface area contributed by atoms with Crippen molar-refractivity contribution < 1.29 is 9.53 Å². The predicted octanol–water partition coefficient (Wildman–Crippen LogP) is 6.23. The van der Waals surface area contributed by atoms with Gasteiger partial charge >= 0.3 is 0 Å². The number of carbonyl (C=O) groups is 1. The SMILES string of the molecule is Cc1nc(COc2ccc(/C=C/C(=O)Nc3ccnn3Cc3ccc(Cl)cc3Cl)cc2)cs1. The Morgan fingerprint density at radius 3 is 2.73 bits per heavy atom. The first-order valence-electron chi connectivity index (χ1n) is 10.0. The van der Waals surface area contributed by atoms with E-state index in [9.17, 15) is 4.79 Å². The van der Waals surface area contributed by atoms with Crippen LogP contribution in [0, 0.1) is 6.92 Å². The molecule has 0 aliphatic heterocycles. The molecule has 4 rings (SSSR count). The zero-order valence-electron chi connectivity index (χ0n) is 17.7. The lowest BCUT2D eigenvalue weighted by molar-refractivity contribution is -0.111. The Morgan fingerprint density at radius 1 is 1.18 bits per heavy atom. The van der Waals surface area contributed by atoms with E-state index in [0.717, 1.165) is 27.6 Å². The molecule has 33 heavy (non-hydrogen) atoms. The molecule has 168 valence electrons. The molecule has 6 nitrogen and oxygen atoms in total. The number of halogens is 2. The molecule has 0 fully saturated rings. The average Bonchev–Trinajstić information content (AvgIpc) is 3.42. The van der Waals surface area contributed by atoms with Gasteiger partial charge in [-0.15, -0.1) is 11.3 Å². The van der Waals surface area contributed by atoms with Gasteiger partial charge in [0.1, 0.15) is 18.2 Å². The van der Waals surface area contributed by atoms with Crippen molar-refractivity contribution in [1.82, 2.24) is 14.8 Å². The molecule has 0 saturated heterocycles. The maximum Gasteiger partial charge on any atom is 0.249 e. The van der Waals surface area contributed by atoms with E-state index in [2.05, 4.69) is 15.4 Å². The summed E-state index contributed by atoms with van der Waals surface area (Å²) in [7, 11) is 0. The molecule has 0 aliphatic carbocycles. The van der Waals surface area contributed by atoms with Gasteiger partial charge in [0.05, 0.1) is 23.4 Å². The van der Waals surface area contributed by atoms with Crippen LogP contribution in [0.15, 0.2) is 66.2 Å². The van der Waals surface area contributed by atoms with E-state index in [4.69, 9.17) is 27.9 Å². The Hall–Kier alpha value is -3.13. The van der Waals surface area contributed by atoms with E-state index >= 15 is 0 Å². The molecule has 4 aromatic rings. The first-order chi connectivity index (χ1) is 16.0. The van der Waals surface area contributed by atoms with Crippen molar-refractivity contribution in [3.05, 3.63) is 98.1 Å². The van der Waals surface area contributed by atoms with Crippen LogP contribution in [0.3, 0.4) is 0 Å². The molecule has 0 spiro atoms. The molecule has 2 aromatic carbocycles. The van der Waals surface area contributed by atoms with Crippen LogP contribution in [0.1, 0.15) is 21.8 Å². The van der Waals surface area contributed by atoms with E-state index in [1.807, 2.05) is 42.6 Å². The van der Waals surface area contributed by atoms with Crippen molar-refractivity contribution in [2.45, 2.75) is 20.1 Å². The maximum atomic E-state index is 12.4. The van der Waals surface area contributed by atoms with Crippen molar-refractivity contribution in [2.75, 3.05) is 5.32 Å². The Balaban J connectivity index is 1.32. The van der Waals surface area contributed by atoms with Gasteiger partial charge in [-0.05, 0) is 48.4 Å². The van der Waals surface area contributed by atoms with E-state index in [1.54, 1.807) is 46.5 Å². The van der Waals surface area contributed by atoms with Gasteiger partial charge in [-0.3, -0.25) is 4.79 Å². The summed E-state index contributed by atoms with van der Waals surface area (Å²) in [6.45, 7) is 2.80. The van der Waals surface area contributed by atoms with E-state index < -0.39 is 0 Å². The molecule has 0 aliphatic rings. The molecule has 2 aromatic heterocycles. The molecule has 1 amide bonds. The standard InChI is InChI=1S/C24H20Cl2N4O2S/c1-16-28-20(15-33-16)14-32-21-7-2-17(3-8-21)4-9-24(31)29-23-10-11-27-30(23)13-18-5-6-19(25)12-22(18)26/h2-12,15H,13-14H2,1H3,(H,29,31)/b9-4+. The fourth-order valence-electron chi connectivity index (χ4n) is 3.02. The van der Waals surface area contributed by atoms with Gasteiger partial charge in [-0.25, -0.2) is 9.67 Å². The monoisotopic (exact) mass is 498 g/mol. The van der Waals surface area contributed by atoms with Crippen LogP contribution in [0.4, 0.5) is 5.82 Å². The summed E-state index contributed by atoms with van der Waals surface area (Å²) in [5.74, 6) is 1.04. The number of benzene rings is 2. The van der Waals surface area contributed by atoms with Crippen LogP contribution < -0.4 is 10.1 Å². The number of carbonyl (C=O) groups excluding carboxylic acids is 1. The largest absolute Gasteiger partial charge is 0.487 e. The topological polar surface area (TPSA) is 69.0 Å². The number of anilines is 1. The van der Waals surface area contributed by atoms with Crippen molar-refractivity contribution >= 4 is 52.3 Å². The highest BCUT2D eigenvalue weighted by Crippen LogP contribution is 2.23. The average molecular weight is 499 g/mol. The Labute approximate surface area is 205 Å². The third-order valence-corrected chi connectivity index (χ3v) is 6.07. The molecule has 2 heterocycles. The molecule has 0 unspecified atom stereocenters. The molecular weight excluding hydrogens is 479 g/mol. The molecule has 9 heteroatoms. The molecule has 1 N–H and O–H groups in total. The minimum Gasteiger partial charge on any atom is -0.487 e. The van der Waals surface area contributed by atoms with Crippen molar-refractivity contribution in [3.63, 3.8) is 0 Å². The van der Waals surface area contributed by atoms with Crippen molar-refractivity contribution in [1.29, 1.82) is 0 Å². The molecule has 0 atom stereocenters. The second-order valence-electron chi connectivity index (χ2n) is 7.15. The predicted molar refractivity (Wildman–Crippen MR) is 133 cm³/mol. The minimum absolute atomic E-state index is 0.266. The number of nitrogens with one attached hydrogen (secondary N) is 1. The molecule has 0 bridgehead atoms. The highest BCUT2D eigenvalue weighted by atomic mass is 35.5. The van der Waals surface area contributed by atoms with Gasteiger partial charge < -0.3 is 10.1 Å². The van der Waals surface area contributed by atoms with E-state index in [1.165, 1.54) is 6.08 Å². The highest BCUT2D eigenvalue weighted by molar-refractivity contribution is 7.09. The fraction of sp³-hybridized carbons (Fsp3) is 0.125. The number of nitrogens with zero attached hydrogens (tertiary/aromatic N) is 3. The summed E-state index contributed by atoms with van der Waals surface area (Å²) in [6.07, 6.45) is 4.83. The lowest BCUT2D eigenvalue weighted by atomic mass is 10.2. The van der Waals surface area contributed by atoms with Gasteiger partial charge in [-0.2, -0.15) is 5.10 Å². The maximum absolute atomic E-state index is 12.4. The zero-order valence-corrected chi connectivity index (χ0v) is 20.0. The van der Waals surface area contributed by atoms with Crippen LogP contribution >= 0.6 is 34.5 Å². The summed E-state index contributed by atoms with van der Waals surface area (Å²) in [5.41, 5.74) is 2.64. The third-order valence-electron chi connectivity index (χ3n) is 4.66.